The molecule has 1 aliphatic heterocycles. The molecule has 0 radical (unpaired) electrons. The van der Waals surface area contributed by atoms with Gasteiger partial charge in [0.05, 0.1) is 15.6 Å². The summed E-state index contributed by atoms with van der Waals surface area (Å²) in [6, 6.07) is 9.30. The van der Waals surface area contributed by atoms with Gasteiger partial charge in [0.25, 0.3) is 11.6 Å². The van der Waals surface area contributed by atoms with Crippen molar-refractivity contribution < 1.29 is 9.72 Å². The normalized spacial score (nSPS) is 14.8. The monoisotopic (exact) mass is 422 g/mol. The molecule has 2 aromatic rings. The van der Waals surface area contributed by atoms with Crippen molar-refractivity contribution in [1.82, 2.24) is 4.90 Å². The van der Waals surface area contributed by atoms with Gasteiger partial charge >= 0.3 is 0 Å². The molecule has 28 heavy (non-hydrogen) atoms. The fourth-order valence-corrected chi connectivity index (χ4v) is 3.48. The van der Waals surface area contributed by atoms with E-state index in [9.17, 15) is 14.9 Å². The molecule has 0 unspecified atom stereocenters. The van der Waals surface area contributed by atoms with Gasteiger partial charge in [0, 0.05) is 42.8 Å². The lowest BCUT2D eigenvalue weighted by Gasteiger charge is -2.35. The van der Waals surface area contributed by atoms with Crippen molar-refractivity contribution in [2.24, 2.45) is 0 Å². The summed E-state index contributed by atoms with van der Waals surface area (Å²) in [6.45, 7) is 6.01. The van der Waals surface area contributed by atoms with Crippen LogP contribution in [0.1, 0.15) is 17.3 Å². The Hall–Kier alpha value is -2.35. The summed E-state index contributed by atoms with van der Waals surface area (Å²) in [5.74, 6) is -0.367. The third kappa shape index (κ3) is 4.55. The van der Waals surface area contributed by atoms with Gasteiger partial charge in [0.2, 0.25) is 0 Å². The maximum Gasteiger partial charge on any atom is 0.294 e. The van der Waals surface area contributed by atoms with Crippen LogP contribution >= 0.6 is 23.2 Å². The minimum atomic E-state index is -0.446. The standard InChI is InChI=1S/C19H20Cl2N4O3/c1-2-23-7-9-24(10-8-23)17-12-16(15(21)11-18(17)25(27)28)22-19(26)13-3-5-14(20)6-4-13/h3-6,11-12H,2,7-10H2,1H3,(H,22,26). The van der Waals surface area contributed by atoms with Gasteiger partial charge in [-0.2, -0.15) is 0 Å². The summed E-state index contributed by atoms with van der Waals surface area (Å²) >= 11 is 12.1. The van der Waals surface area contributed by atoms with Crippen LogP contribution in [0, 0.1) is 10.1 Å². The summed E-state index contributed by atoms with van der Waals surface area (Å²) in [5.41, 5.74) is 1.13. The van der Waals surface area contributed by atoms with Crippen LogP contribution in [0.2, 0.25) is 10.0 Å². The van der Waals surface area contributed by atoms with Gasteiger partial charge in [-0.25, -0.2) is 0 Å². The average molecular weight is 423 g/mol. The third-order valence-electron chi connectivity index (χ3n) is 4.78. The highest BCUT2D eigenvalue weighted by Crippen LogP contribution is 2.37. The molecule has 9 heteroatoms. The number of benzene rings is 2. The highest BCUT2D eigenvalue weighted by Gasteiger charge is 2.25. The molecule has 0 aliphatic carbocycles. The molecule has 1 fully saturated rings. The van der Waals surface area contributed by atoms with Crippen LogP contribution in [0.3, 0.4) is 0 Å². The second-order valence-electron chi connectivity index (χ2n) is 6.46. The molecule has 1 saturated heterocycles. The Balaban J connectivity index is 1.88. The molecule has 1 aliphatic rings. The summed E-state index contributed by atoms with van der Waals surface area (Å²) in [5, 5.41) is 14.9. The number of hydrogen-bond donors (Lipinski definition) is 1. The Labute approximate surface area is 173 Å². The van der Waals surface area contributed by atoms with E-state index in [1.165, 1.54) is 6.07 Å². The number of rotatable bonds is 5. The number of carbonyl (C=O) groups is 1. The zero-order valence-corrected chi connectivity index (χ0v) is 16.8. The van der Waals surface area contributed by atoms with E-state index in [4.69, 9.17) is 23.2 Å². The molecule has 148 valence electrons. The number of piperazine rings is 1. The minimum Gasteiger partial charge on any atom is -0.363 e. The van der Waals surface area contributed by atoms with E-state index in [0.717, 1.165) is 19.6 Å². The van der Waals surface area contributed by atoms with Crippen LogP contribution in [0.4, 0.5) is 17.1 Å². The first-order valence-corrected chi connectivity index (χ1v) is 9.66. The molecule has 3 rings (SSSR count). The largest absolute Gasteiger partial charge is 0.363 e. The molecule has 0 saturated carbocycles. The molecule has 1 amide bonds. The van der Waals surface area contributed by atoms with E-state index in [0.29, 0.717) is 35.1 Å². The van der Waals surface area contributed by atoms with E-state index in [2.05, 4.69) is 17.1 Å². The summed E-state index contributed by atoms with van der Waals surface area (Å²) in [7, 11) is 0. The molecule has 1 N–H and O–H groups in total. The van der Waals surface area contributed by atoms with Crippen molar-refractivity contribution in [3.8, 4) is 0 Å². The lowest BCUT2D eigenvalue weighted by molar-refractivity contribution is -0.384. The molecule has 0 spiro atoms. The molecule has 0 atom stereocenters. The van der Waals surface area contributed by atoms with Crippen molar-refractivity contribution in [1.29, 1.82) is 0 Å². The van der Waals surface area contributed by atoms with Crippen molar-refractivity contribution in [3.63, 3.8) is 0 Å². The van der Waals surface area contributed by atoms with Gasteiger partial charge in [-0.05, 0) is 36.9 Å². The van der Waals surface area contributed by atoms with Crippen molar-refractivity contribution in [3.05, 3.63) is 62.1 Å². The molecular formula is C19H20Cl2N4O3. The Morgan fingerprint density at radius 2 is 1.79 bits per heavy atom. The number of anilines is 2. The lowest BCUT2D eigenvalue weighted by Crippen LogP contribution is -2.46. The number of amides is 1. The SMILES string of the molecule is CCN1CCN(c2cc(NC(=O)c3ccc(Cl)cc3)c(Cl)cc2[N+](=O)[O-])CC1. The van der Waals surface area contributed by atoms with Gasteiger partial charge in [-0.15, -0.1) is 0 Å². The molecule has 1 heterocycles. The van der Waals surface area contributed by atoms with Crippen LogP contribution < -0.4 is 10.2 Å². The fourth-order valence-electron chi connectivity index (χ4n) is 3.15. The van der Waals surface area contributed by atoms with E-state index in [1.54, 1.807) is 30.3 Å². The van der Waals surface area contributed by atoms with E-state index in [1.807, 2.05) is 4.90 Å². The highest BCUT2D eigenvalue weighted by molar-refractivity contribution is 6.34. The number of nitro groups is 1. The van der Waals surface area contributed by atoms with Crippen molar-refractivity contribution in [2.75, 3.05) is 42.9 Å². The van der Waals surface area contributed by atoms with E-state index in [-0.39, 0.29) is 16.6 Å². The van der Waals surface area contributed by atoms with Crippen LogP contribution in [-0.2, 0) is 0 Å². The Morgan fingerprint density at radius 1 is 1.14 bits per heavy atom. The molecular weight excluding hydrogens is 403 g/mol. The van der Waals surface area contributed by atoms with Gasteiger partial charge in [-0.1, -0.05) is 30.1 Å². The Morgan fingerprint density at radius 3 is 2.36 bits per heavy atom. The van der Waals surface area contributed by atoms with Gasteiger partial charge in [0.1, 0.15) is 5.69 Å². The first kappa shape index (κ1) is 20.4. The average Bonchev–Trinajstić information content (AvgIpc) is 2.69. The fraction of sp³-hybridized carbons (Fsp3) is 0.316. The number of carbonyl (C=O) groups excluding carboxylic acids is 1. The Bertz CT molecular complexity index is 881. The van der Waals surface area contributed by atoms with Crippen molar-refractivity contribution >= 4 is 46.2 Å². The quantitative estimate of drug-likeness (QED) is 0.573. The van der Waals surface area contributed by atoms with Crippen molar-refractivity contribution in [2.45, 2.75) is 6.92 Å². The minimum absolute atomic E-state index is 0.0700. The second-order valence-corrected chi connectivity index (χ2v) is 7.30. The lowest BCUT2D eigenvalue weighted by atomic mass is 10.1. The van der Waals surface area contributed by atoms with E-state index >= 15 is 0 Å². The zero-order chi connectivity index (χ0) is 20.3. The van der Waals surface area contributed by atoms with Crippen LogP contribution in [-0.4, -0.2) is 48.5 Å². The molecule has 0 aromatic heterocycles. The predicted molar refractivity (Wildman–Crippen MR) is 112 cm³/mol. The topological polar surface area (TPSA) is 78.7 Å². The van der Waals surface area contributed by atoms with Crippen LogP contribution in [0.5, 0.6) is 0 Å². The second kappa shape index (κ2) is 8.77. The number of nitro benzene ring substituents is 1. The first-order chi connectivity index (χ1) is 13.4. The number of nitrogens with zero attached hydrogens (tertiary/aromatic N) is 3. The molecule has 7 nitrogen and oxygen atoms in total. The van der Waals surface area contributed by atoms with Crippen LogP contribution in [0.15, 0.2) is 36.4 Å². The predicted octanol–water partition coefficient (Wildman–Crippen LogP) is 4.30. The molecule has 2 aromatic carbocycles. The van der Waals surface area contributed by atoms with E-state index < -0.39 is 4.92 Å². The summed E-state index contributed by atoms with van der Waals surface area (Å²) in [6.07, 6.45) is 0. The summed E-state index contributed by atoms with van der Waals surface area (Å²) in [4.78, 5) is 27.8. The van der Waals surface area contributed by atoms with Crippen LogP contribution in [0.25, 0.3) is 0 Å². The van der Waals surface area contributed by atoms with Gasteiger partial charge < -0.3 is 15.1 Å². The maximum atomic E-state index is 12.5. The maximum absolute atomic E-state index is 12.5. The summed E-state index contributed by atoms with van der Waals surface area (Å²) < 4.78 is 0. The number of hydrogen-bond acceptors (Lipinski definition) is 5. The zero-order valence-electron chi connectivity index (χ0n) is 15.3. The highest BCUT2D eigenvalue weighted by atomic mass is 35.5. The first-order valence-electron chi connectivity index (χ1n) is 8.91. The van der Waals surface area contributed by atoms with Gasteiger partial charge in [0.15, 0.2) is 0 Å². The molecule has 0 bridgehead atoms. The number of likely N-dealkylation sites (N-methyl/N-ethyl adjacent to an activating group) is 1. The van der Waals surface area contributed by atoms with Gasteiger partial charge in [-0.3, -0.25) is 14.9 Å². The number of halogens is 2. The number of nitrogens with one attached hydrogen (secondary N) is 1. The third-order valence-corrected chi connectivity index (χ3v) is 5.34. The Kier molecular flexibility index (Phi) is 6.39. The smallest absolute Gasteiger partial charge is 0.294 e.